The van der Waals surface area contributed by atoms with Crippen molar-refractivity contribution in [3.63, 3.8) is 0 Å². The summed E-state index contributed by atoms with van der Waals surface area (Å²) in [6, 6.07) is 5.71. The van der Waals surface area contributed by atoms with E-state index in [2.05, 4.69) is 6.92 Å². The number of amides is 1. The number of benzene rings is 1. The summed E-state index contributed by atoms with van der Waals surface area (Å²) in [6.45, 7) is 4.16. The van der Waals surface area contributed by atoms with E-state index in [9.17, 15) is 9.59 Å². The average Bonchev–Trinajstić information content (AvgIpc) is 2.29. The number of aryl methyl sites for hydroxylation is 2. The minimum atomic E-state index is -0.431. The third-order valence-electron chi connectivity index (χ3n) is 2.79. The van der Waals surface area contributed by atoms with Gasteiger partial charge in [-0.05, 0) is 30.5 Å². The summed E-state index contributed by atoms with van der Waals surface area (Å²) in [6.07, 6.45) is 2.35. The molecule has 0 aromatic heterocycles. The van der Waals surface area contributed by atoms with Gasteiger partial charge in [0.2, 0.25) is 5.91 Å². The molecule has 1 amide bonds. The molecule has 0 radical (unpaired) electrons. The third kappa shape index (κ3) is 4.02. The van der Waals surface area contributed by atoms with E-state index < -0.39 is 5.91 Å². The maximum atomic E-state index is 11.8. The SMILES string of the molecule is CCCc1cc(C(=O)CCC(N)=O)ccc1C. The number of Topliss-reactive ketones (excluding diaryl/α,β-unsaturated/α-hetero) is 1. The molecule has 17 heavy (non-hydrogen) atoms. The molecule has 0 aliphatic heterocycles. The van der Waals surface area contributed by atoms with Crippen LogP contribution in [0.25, 0.3) is 0 Å². The van der Waals surface area contributed by atoms with E-state index in [0.29, 0.717) is 5.56 Å². The molecule has 0 aliphatic carbocycles. The monoisotopic (exact) mass is 233 g/mol. The van der Waals surface area contributed by atoms with Gasteiger partial charge < -0.3 is 5.73 Å². The lowest BCUT2D eigenvalue weighted by Gasteiger charge is -2.07. The topological polar surface area (TPSA) is 60.2 Å². The summed E-state index contributed by atoms with van der Waals surface area (Å²) in [5.74, 6) is -0.444. The Morgan fingerprint density at radius 2 is 1.94 bits per heavy atom. The van der Waals surface area contributed by atoms with Crippen LogP contribution >= 0.6 is 0 Å². The lowest BCUT2D eigenvalue weighted by Crippen LogP contribution is -2.13. The zero-order valence-electron chi connectivity index (χ0n) is 10.5. The molecular weight excluding hydrogens is 214 g/mol. The van der Waals surface area contributed by atoms with Gasteiger partial charge in [0.1, 0.15) is 0 Å². The van der Waals surface area contributed by atoms with Crippen molar-refractivity contribution in [3.05, 3.63) is 34.9 Å². The summed E-state index contributed by atoms with van der Waals surface area (Å²) in [4.78, 5) is 22.4. The number of primary amides is 1. The molecule has 92 valence electrons. The van der Waals surface area contributed by atoms with Gasteiger partial charge in [0.05, 0.1) is 0 Å². The molecular formula is C14H19NO2. The van der Waals surface area contributed by atoms with Gasteiger partial charge in [0.25, 0.3) is 0 Å². The number of hydrogen-bond acceptors (Lipinski definition) is 2. The summed E-state index contributed by atoms with van der Waals surface area (Å²) in [7, 11) is 0. The summed E-state index contributed by atoms with van der Waals surface area (Å²) >= 11 is 0. The van der Waals surface area contributed by atoms with E-state index in [1.165, 1.54) is 11.1 Å². The van der Waals surface area contributed by atoms with E-state index in [1.807, 2.05) is 25.1 Å². The van der Waals surface area contributed by atoms with E-state index in [4.69, 9.17) is 5.73 Å². The molecule has 0 aliphatic rings. The first-order valence-corrected chi connectivity index (χ1v) is 5.95. The Labute approximate surface area is 102 Å². The van der Waals surface area contributed by atoms with Crippen molar-refractivity contribution in [1.29, 1.82) is 0 Å². The Morgan fingerprint density at radius 1 is 1.24 bits per heavy atom. The quantitative estimate of drug-likeness (QED) is 0.767. The first kappa shape index (κ1) is 13.4. The highest BCUT2D eigenvalue weighted by molar-refractivity contribution is 5.98. The Bertz CT molecular complexity index is 424. The average molecular weight is 233 g/mol. The van der Waals surface area contributed by atoms with Crippen LogP contribution in [0.1, 0.15) is 47.7 Å². The Morgan fingerprint density at radius 3 is 2.53 bits per heavy atom. The van der Waals surface area contributed by atoms with Gasteiger partial charge in [-0.2, -0.15) is 0 Å². The predicted octanol–water partition coefficient (Wildman–Crippen LogP) is 2.40. The van der Waals surface area contributed by atoms with Gasteiger partial charge in [-0.3, -0.25) is 9.59 Å². The molecule has 0 spiro atoms. The molecule has 3 nitrogen and oxygen atoms in total. The maximum absolute atomic E-state index is 11.8. The fourth-order valence-corrected chi connectivity index (χ4v) is 1.76. The van der Waals surface area contributed by atoms with Crippen LogP contribution in [0.2, 0.25) is 0 Å². The maximum Gasteiger partial charge on any atom is 0.217 e. The molecule has 3 heteroatoms. The van der Waals surface area contributed by atoms with Crippen LogP contribution < -0.4 is 5.73 Å². The number of ketones is 1. The highest BCUT2D eigenvalue weighted by Crippen LogP contribution is 2.15. The van der Waals surface area contributed by atoms with Crippen LogP contribution in [0.4, 0.5) is 0 Å². The molecule has 0 saturated heterocycles. The van der Waals surface area contributed by atoms with Gasteiger partial charge in [-0.1, -0.05) is 25.5 Å². The number of carbonyl (C=O) groups excluding carboxylic acids is 2. The molecule has 0 heterocycles. The zero-order chi connectivity index (χ0) is 12.8. The predicted molar refractivity (Wildman–Crippen MR) is 67.9 cm³/mol. The number of hydrogen-bond donors (Lipinski definition) is 1. The molecule has 0 bridgehead atoms. The highest BCUT2D eigenvalue weighted by Gasteiger charge is 2.09. The fraction of sp³-hybridized carbons (Fsp3) is 0.429. The van der Waals surface area contributed by atoms with Gasteiger partial charge in [-0.15, -0.1) is 0 Å². The normalized spacial score (nSPS) is 10.2. The second-order valence-corrected chi connectivity index (χ2v) is 4.28. The van der Waals surface area contributed by atoms with E-state index in [1.54, 1.807) is 0 Å². The summed E-state index contributed by atoms with van der Waals surface area (Å²) in [5, 5.41) is 0. The van der Waals surface area contributed by atoms with Crippen LogP contribution in [0.5, 0.6) is 0 Å². The molecule has 0 unspecified atom stereocenters. The molecule has 0 atom stereocenters. The van der Waals surface area contributed by atoms with Gasteiger partial charge in [0.15, 0.2) is 5.78 Å². The largest absolute Gasteiger partial charge is 0.370 e. The van der Waals surface area contributed by atoms with Crippen LogP contribution in [0, 0.1) is 6.92 Å². The van der Waals surface area contributed by atoms with Crippen molar-refractivity contribution < 1.29 is 9.59 Å². The minimum absolute atomic E-state index is 0.0128. The summed E-state index contributed by atoms with van der Waals surface area (Å²) < 4.78 is 0. The Hall–Kier alpha value is -1.64. The lowest BCUT2D eigenvalue weighted by atomic mass is 9.98. The molecule has 2 N–H and O–H groups in total. The van der Waals surface area contributed by atoms with Crippen LogP contribution in [0.3, 0.4) is 0 Å². The van der Waals surface area contributed by atoms with Crippen molar-refractivity contribution in [2.45, 2.75) is 39.5 Å². The van der Waals surface area contributed by atoms with Gasteiger partial charge in [-0.25, -0.2) is 0 Å². The Balaban J connectivity index is 2.80. The Kier molecular flexibility index (Phi) is 4.88. The third-order valence-corrected chi connectivity index (χ3v) is 2.79. The highest BCUT2D eigenvalue weighted by atomic mass is 16.1. The van der Waals surface area contributed by atoms with Crippen LogP contribution in [0.15, 0.2) is 18.2 Å². The number of rotatable bonds is 6. The lowest BCUT2D eigenvalue weighted by molar-refractivity contribution is -0.118. The van der Waals surface area contributed by atoms with Crippen molar-refractivity contribution in [1.82, 2.24) is 0 Å². The minimum Gasteiger partial charge on any atom is -0.370 e. The molecule has 1 aromatic carbocycles. The number of nitrogens with two attached hydrogens (primary N) is 1. The van der Waals surface area contributed by atoms with Crippen molar-refractivity contribution >= 4 is 11.7 Å². The van der Waals surface area contributed by atoms with Crippen molar-refractivity contribution in [2.24, 2.45) is 5.73 Å². The van der Waals surface area contributed by atoms with E-state index in [0.717, 1.165) is 12.8 Å². The molecule has 1 rings (SSSR count). The smallest absolute Gasteiger partial charge is 0.217 e. The van der Waals surface area contributed by atoms with Crippen LogP contribution in [-0.2, 0) is 11.2 Å². The molecule has 0 saturated carbocycles. The van der Waals surface area contributed by atoms with Gasteiger partial charge in [0, 0.05) is 18.4 Å². The van der Waals surface area contributed by atoms with E-state index >= 15 is 0 Å². The molecule has 0 fully saturated rings. The number of carbonyl (C=O) groups is 2. The second kappa shape index (κ2) is 6.18. The van der Waals surface area contributed by atoms with E-state index in [-0.39, 0.29) is 18.6 Å². The van der Waals surface area contributed by atoms with Crippen molar-refractivity contribution in [2.75, 3.05) is 0 Å². The van der Waals surface area contributed by atoms with Crippen molar-refractivity contribution in [3.8, 4) is 0 Å². The van der Waals surface area contributed by atoms with Gasteiger partial charge >= 0.3 is 0 Å². The standard InChI is InChI=1S/C14H19NO2/c1-3-4-11-9-12(6-5-10(11)2)13(16)7-8-14(15)17/h5-6,9H,3-4,7-8H2,1-2H3,(H2,15,17). The summed E-state index contributed by atoms with van der Waals surface area (Å²) in [5.41, 5.74) is 8.12. The first-order chi connectivity index (χ1) is 8.04. The van der Waals surface area contributed by atoms with Crippen LogP contribution in [-0.4, -0.2) is 11.7 Å². The zero-order valence-corrected chi connectivity index (χ0v) is 10.5. The first-order valence-electron chi connectivity index (χ1n) is 5.95. The molecule has 1 aromatic rings. The second-order valence-electron chi connectivity index (χ2n) is 4.28. The fourth-order valence-electron chi connectivity index (χ4n) is 1.76.